The van der Waals surface area contributed by atoms with Gasteiger partial charge < -0.3 is 15.4 Å². The molecule has 5 heteroatoms. The van der Waals surface area contributed by atoms with Crippen molar-refractivity contribution in [2.45, 2.75) is 32.7 Å². The minimum Gasteiger partial charge on any atom is -0.493 e. The molecule has 0 saturated heterocycles. The summed E-state index contributed by atoms with van der Waals surface area (Å²) >= 11 is 0. The molecule has 2 N–H and O–H groups in total. The van der Waals surface area contributed by atoms with Crippen LogP contribution in [-0.2, 0) is 4.79 Å². The number of ether oxygens (including phenoxy) is 1. The molecule has 1 rings (SSSR count). The van der Waals surface area contributed by atoms with Crippen LogP contribution >= 0.6 is 0 Å². The van der Waals surface area contributed by atoms with Crippen LogP contribution < -0.4 is 15.4 Å². The van der Waals surface area contributed by atoms with Crippen molar-refractivity contribution in [1.82, 2.24) is 10.3 Å². The first-order valence-electron chi connectivity index (χ1n) is 5.96. The quantitative estimate of drug-likeness (QED) is 0.837. The van der Waals surface area contributed by atoms with Crippen molar-refractivity contribution < 1.29 is 9.53 Å². The molecule has 0 aliphatic carbocycles. The average Bonchev–Trinajstić information content (AvgIpc) is 2.27. The minimum absolute atomic E-state index is 0.0184. The van der Waals surface area contributed by atoms with Gasteiger partial charge in [0, 0.05) is 24.7 Å². The highest BCUT2D eigenvalue weighted by atomic mass is 16.5. The summed E-state index contributed by atoms with van der Waals surface area (Å²) in [7, 11) is 1.59. The largest absolute Gasteiger partial charge is 0.493 e. The maximum Gasteiger partial charge on any atom is 0.222 e. The second-order valence-electron chi connectivity index (χ2n) is 5.03. The number of nitrogens with zero attached hydrogens (tertiary/aromatic N) is 1. The predicted molar refractivity (Wildman–Crippen MR) is 71.8 cm³/mol. The number of methoxy groups -OCH3 is 1. The lowest BCUT2D eigenvalue weighted by molar-refractivity contribution is -0.122. The standard InChI is InChI=1S/C13H21N3O2/c1-13(2,3)16-11(17)7-9-15-12-10(18-4)6-5-8-14-12/h5-6,8H,7,9H2,1-4H3,(H,14,15)(H,16,17). The highest BCUT2D eigenvalue weighted by Gasteiger charge is 2.13. The minimum atomic E-state index is -0.195. The van der Waals surface area contributed by atoms with Gasteiger partial charge in [0.25, 0.3) is 0 Å². The Morgan fingerprint density at radius 1 is 1.44 bits per heavy atom. The number of carbonyl (C=O) groups is 1. The average molecular weight is 251 g/mol. The van der Waals surface area contributed by atoms with Crippen molar-refractivity contribution in [2.75, 3.05) is 19.0 Å². The molecule has 0 aliphatic rings. The van der Waals surface area contributed by atoms with Crippen LogP contribution in [-0.4, -0.2) is 30.1 Å². The van der Waals surface area contributed by atoms with Crippen molar-refractivity contribution in [3.63, 3.8) is 0 Å². The zero-order valence-electron chi connectivity index (χ0n) is 11.4. The molecule has 0 unspecified atom stereocenters. The van der Waals surface area contributed by atoms with Gasteiger partial charge in [-0.25, -0.2) is 4.98 Å². The van der Waals surface area contributed by atoms with Crippen LogP contribution in [0.1, 0.15) is 27.2 Å². The third-order valence-electron chi connectivity index (χ3n) is 2.15. The molecule has 0 aliphatic heterocycles. The zero-order chi connectivity index (χ0) is 13.6. The summed E-state index contributed by atoms with van der Waals surface area (Å²) in [5.74, 6) is 1.35. The van der Waals surface area contributed by atoms with E-state index in [2.05, 4.69) is 15.6 Å². The van der Waals surface area contributed by atoms with Crippen molar-refractivity contribution in [1.29, 1.82) is 0 Å². The highest BCUT2D eigenvalue weighted by Crippen LogP contribution is 2.19. The number of carbonyl (C=O) groups excluding carboxylic acids is 1. The Morgan fingerprint density at radius 3 is 2.78 bits per heavy atom. The number of anilines is 1. The van der Waals surface area contributed by atoms with Gasteiger partial charge in [0.15, 0.2) is 11.6 Å². The highest BCUT2D eigenvalue weighted by molar-refractivity contribution is 5.77. The molecule has 0 spiro atoms. The van der Waals surface area contributed by atoms with Crippen molar-refractivity contribution in [3.8, 4) is 5.75 Å². The summed E-state index contributed by atoms with van der Waals surface area (Å²) in [4.78, 5) is 15.8. The molecular weight excluding hydrogens is 230 g/mol. The number of aromatic nitrogens is 1. The number of nitrogens with one attached hydrogen (secondary N) is 2. The summed E-state index contributed by atoms with van der Waals surface area (Å²) in [6.45, 7) is 6.40. The lowest BCUT2D eigenvalue weighted by Crippen LogP contribution is -2.41. The molecule has 18 heavy (non-hydrogen) atoms. The normalized spacial score (nSPS) is 10.9. The van der Waals surface area contributed by atoms with Crippen LogP contribution in [0.4, 0.5) is 5.82 Å². The van der Waals surface area contributed by atoms with Crippen molar-refractivity contribution >= 4 is 11.7 Å². The molecule has 0 radical (unpaired) electrons. The maximum absolute atomic E-state index is 11.6. The van der Waals surface area contributed by atoms with E-state index in [1.807, 2.05) is 26.8 Å². The first kappa shape index (κ1) is 14.3. The van der Waals surface area contributed by atoms with E-state index >= 15 is 0 Å². The van der Waals surface area contributed by atoms with Crippen molar-refractivity contribution in [2.24, 2.45) is 0 Å². The van der Waals surface area contributed by atoms with Crippen LogP contribution in [0.15, 0.2) is 18.3 Å². The Morgan fingerprint density at radius 2 is 2.17 bits per heavy atom. The summed E-state index contributed by atoms with van der Waals surface area (Å²) in [6.07, 6.45) is 2.08. The van der Waals surface area contributed by atoms with E-state index in [9.17, 15) is 4.79 Å². The van der Waals surface area contributed by atoms with Crippen LogP contribution in [0.2, 0.25) is 0 Å². The van der Waals surface area contributed by atoms with Crippen LogP contribution in [0.25, 0.3) is 0 Å². The summed E-state index contributed by atoms with van der Waals surface area (Å²) in [5.41, 5.74) is -0.195. The fraction of sp³-hybridized carbons (Fsp3) is 0.538. The summed E-state index contributed by atoms with van der Waals surface area (Å²) in [6, 6.07) is 3.63. The Labute approximate surface area is 108 Å². The number of rotatable bonds is 5. The third kappa shape index (κ3) is 5.03. The summed E-state index contributed by atoms with van der Waals surface area (Å²) < 4.78 is 5.16. The Hall–Kier alpha value is -1.78. The second kappa shape index (κ2) is 6.23. The fourth-order valence-corrected chi connectivity index (χ4v) is 1.46. The Kier molecular flexibility index (Phi) is 4.95. The van der Waals surface area contributed by atoms with Gasteiger partial charge in [-0.15, -0.1) is 0 Å². The van der Waals surface area contributed by atoms with Gasteiger partial charge in [0.05, 0.1) is 7.11 Å². The first-order chi connectivity index (χ1) is 8.42. The SMILES string of the molecule is COc1cccnc1NCCC(=O)NC(C)(C)C. The molecule has 0 saturated carbocycles. The van der Waals surface area contributed by atoms with Gasteiger partial charge in [-0.2, -0.15) is 0 Å². The number of hydrogen-bond acceptors (Lipinski definition) is 4. The first-order valence-corrected chi connectivity index (χ1v) is 5.96. The van der Waals surface area contributed by atoms with E-state index in [0.29, 0.717) is 24.5 Å². The summed E-state index contributed by atoms with van der Waals surface area (Å²) in [5, 5.41) is 5.99. The molecule has 5 nitrogen and oxygen atoms in total. The molecular formula is C13H21N3O2. The van der Waals surface area contributed by atoms with Crippen LogP contribution in [0.5, 0.6) is 5.75 Å². The van der Waals surface area contributed by atoms with Gasteiger partial charge in [0.1, 0.15) is 0 Å². The lowest BCUT2D eigenvalue weighted by atomic mass is 10.1. The molecule has 1 heterocycles. The van der Waals surface area contributed by atoms with Gasteiger partial charge >= 0.3 is 0 Å². The van der Waals surface area contributed by atoms with Gasteiger partial charge in [-0.05, 0) is 32.9 Å². The number of pyridine rings is 1. The van der Waals surface area contributed by atoms with E-state index in [1.165, 1.54) is 0 Å². The van der Waals surface area contributed by atoms with Crippen LogP contribution in [0, 0.1) is 0 Å². The van der Waals surface area contributed by atoms with E-state index in [4.69, 9.17) is 4.74 Å². The van der Waals surface area contributed by atoms with Gasteiger partial charge in [-0.3, -0.25) is 4.79 Å². The maximum atomic E-state index is 11.6. The molecule has 1 amide bonds. The molecule has 100 valence electrons. The lowest BCUT2D eigenvalue weighted by Gasteiger charge is -2.20. The Bertz CT molecular complexity index is 399. The van der Waals surface area contributed by atoms with Gasteiger partial charge in [-0.1, -0.05) is 0 Å². The van der Waals surface area contributed by atoms with E-state index in [1.54, 1.807) is 19.4 Å². The second-order valence-corrected chi connectivity index (χ2v) is 5.03. The van der Waals surface area contributed by atoms with Gasteiger partial charge in [0.2, 0.25) is 5.91 Å². The molecule has 0 atom stereocenters. The monoisotopic (exact) mass is 251 g/mol. The smallest absolute Gasteiger partial charge is 0.222 e. The predicted octanol–water partition coefficient (Wildman–Crippen LogP) is 1.81. The van der Waals surface area contributed by atoms with Crippen molar-refractivity contribution in [3.05, 3.63) is 18.3 Å². The Balaban J connectivity index is 2.40. The van der Waals surface area contributed by atoms with E-state index in [-0.39, 0.29) is 11.4 Å². The number of amides is 1. The molecule has 0 aromatic carbocycles. The molecule has 0 fully saturated rings. The van der Waals surface area contributed by atoms with E-state index < -0.39 is 0 Å². The van der Waals surface area contributed by atoms with Crippen LogP contribution in [0.3, 0.4) is 0 Å². The topological polar surface area (TPSA) is 63.2 Å². The number of hydrogen-bond donors (Lipinski definition) is 2. The fourth-order valence-electron chi connectivity index (χ4n) is 1.46. The molecule has 1 aromatic rings. The third-order valence-corrected chi connectivity index (χ3v) is 2.15. The zero-order valence-corrected chi connectivity index (χ0v) is 11.4. The molecule has 1 aromatic heterocycles. The van der Waals surface area contributed by atoms with E-state index in [0.717, 1.165) is 0 Å². The molecule has 0 bridgehead atoms.